The van der Waals surface area contributed by atoms with E-state index in [1.807, 2.05) is 43.2 Å². The van der Waals surface area contributed by atoms with Gasteiger partial charge in [-0.1, -0.05) is 6.07 Å². The summed E-state index contributed by atoms with van der Waals surface area (Å²) in [5, 5.41) is 4.70. The van der Waals surface area contributed by atoms with Crippen molar-refractivity contribution in [2.24, 2.45) is 0 Å². The van der Waals surface area contributed by atoms with Crippen molar-refractivity contribution in [3.05, 3.63) is 22.4 Å². The summed E-state index contributed by atoms with van der Waals surface area (Å²) in [5.74, 6) is 0.0608. The van der Waals surface area contributed by atoms with Crippen molar-refractivity contribution in [2.75, 3.05) is 13.1 Å². The highest BCUT2D eigenvalue weighted by Gasteiger charge is 2.28. The molecule has 1 fully saturated rings. The molecule has 1 N–H and O–H groups in total. The van der Waals surface area contributed by atoms with E-state index < -0.39 is 11.7 Å². The number of piperidine rings is 1. The van der Waals surface area contributed by atoms with Crippen LogP contribution in [0.15, 0.2) is 17.5 Å². The molecule has 0 spiro atoms. The van der Waals surface area contributed by atoms with Crippen LogP contribution >= 0.6 is 11.3 Å². The number of nitrogens with zero attached hydrogens (tertiary/aromatic N) is 1. The third-order valence-electron chi connectivity index (χ3n) is 3.50. The first kappa shape index (κ1) is 16.8. The van der Waals surface area contributed by atoms with Gasteiger partial charge in [-0.15, -0.1) is 11.3 Å². The lowest BCUT2D eigenvalue weighted by Gasteiger charge is -2.35. The smallest absolute Gasteiger partial charge is 0.407 e. The molecule has 5 nitrogen and oxygen atoms in total. The number of nitrogens with one attached hydrogen (secondary N) is 1. The number of alkyl carbamates (subject to hydrolysis) is 1. The molecular weight excluding hydrogens is 300 g/mol. The Morgan fingerprint density at radius 3 is 2.82 bits per heavy atom. The standard InChI is InChI=1S/C16H24N2O3S/c1-16(2,3)21-15(20)17-11-12-7-4-5-9-18(12)14(19)13-8-6-10-22-13/h6,8,10,12H,4-5,7,9,11H2,1-3H3,(H,17,20)/t12-/m0/s1. The molecule has 1 aliphatic rings. The van der Waals surface area contributed by atoms with Gasteiger partial charge >= 0.3 is 6.09 Å². The van der Waals surface area contributed by atoms with Crippen LogP contribution in [0.2, 0.25) is 0 Å². The van der Waals surface area contributed by atoms with Gasteiger partial charge in [0.2, 0.25) is 0 Å². The van der Waals surface area contributed by atoms with Crippen LogP contribution in [-0.4, -0.2) is 41.6 Å². The molecule has 1 aromatic rings. The summed E-state index contributed by atoms with van der Waals surface area (Å²) in [5.41, 5.74) is -0.511. The van der Waals surface area contributed by atoms with E-state index in [0.29, 0.717) is 6.54 Å². The quantitative estimate of drug-likeness (QED) is 0.928. The molecule has 22 heavy (non-hydrogen) atoms. The van der Waals surface area contributed by atoms with Crippen molar-refractivity contribution in [3.63, 3.8) is 0 Å². The molecule has 0 radical (unpaired) electrons. The van der Waals surface area contributed by atoms with Crippen LogP contribution in [-0.2, 0) is 4.74 Å². The minimum Gasteiger partial charge on any atom is -0.444 e. The predicted octanol–water partition coefficient (Wildman–Crippen LogP) is 3.27. The summed E-state index contributed by atoms with van der Waals surface area (Å²) in [4.78, 5) is 26.9. The second-order valence-electron chi connectivity index (χ2n) is 6.51. The number of carbonyl (C=O) groups is 2. The van der Waals surface area contributed by atoms with Gasteiger partial charge in [-0.25, -0.2) is 4.79 Å². The fourth-order valence-corrected chi connectivity index (χ4v) is 3.22. The van der Waals surface area contributed by atoms with E-state index >= 15 is 0 Å². The Kier molecular flexibility index (Phi) is 5.45. The van der Waals surface area contributed by atoms with Gasteiger partial charge in [-0.2, -0.15) is 0 Å². The first-order valence-corrected chi connectivity index (χ1v) is 8.56. The third-order valence-corrected chi connectivity index (χ3v) is 4.36. The van der Waals surface area contributed by atoms with Crippen molar-refractivity contribution < 1.29 is 14.3 Å². The maximum absolute atomic E-state index is 12.5. The first-order chi connectivity index (χ1) is 10.4. The Hall–Kier alpha value is -1.56. The summed E-state index contributed by atoms with van der Waals surface area (Å²) >= 11 is 1.46. The van der Waals surface area contributed by atoms with E-state index in [9.17, 15) is 9.59 Å². The number of ether oxygens (including phenoxy) is 1. The van der Waals surface area contributed by atoms with Crippen molar-refractivity contribution in [1.82, 2.24) is 10.2 Å². The number of amides is 2. The first-order valence-electron chi connectivity index (χ1n) is 7.68. The van der Waals surface area contributed by atoms with E-state index in [1.165, 1.54) is 11.3 Å². The molecule has 2 amide bonds. The number of rotatable bonds is 3. The molecule has 1 saturated heterocycles. The predicted molar refractivity (Wildman–Crippen MR) is 87.2 cm³/mol. The van der Waals surface area contributed by atoms with E-state index in [0.717, 1.165) is 30.7 Å². The molecule has 6 heteroatoms. The molecule has 0 unspecified atom stereocenters. The molecule has 1 atom stereocenters. The van der Waals surface area contributed by atoms with E-state index in [-0.39, 0.29) is 11.9 Å². The normalized spacial score (nSPS) is 18.9. The Labute approximate surface area is 135 Å². The van der Waals surface area contributed by atoms with Crippen molar-refractivity contribution in [2.45, 2.75) is 51.7 Å². The van der Waals surface area contributed by atoms with Crippen LogP contribution in [0.5, 0.6) is 0 Å². The second-order valence-corrected chi connectivity index (χ2v) is 7.46. The van der Waals surface area contributed by atoms with Crippen LogP contribution < -0.4 is 5.32 Å². The second kappa shape index (κ2) is 7.13. The fourth-order valence-electron chi connectivity index (χ4n) is 2.54. The Morgan fingerprint density at radius 2 is 2.18 bits per heavy atom. The summed E-state index contributed by atoms with van der Waals surface area (Å²) in [6, 6.07) is 3.77. The van der Waals surface area contributed by atoms with Crippen molar-refractivity contribution in [1.29, 1.82) is 0 Å². The highest BCUT2D eigenvalue weighted by Crippen LogP contribution is 2.21. The summed E-state index contributed by atoms with van der Waals surface area (Å²) < 4.78 is 5.25. The monoisotopic (exact) mass is 324 g/mol. The van der Waals surface area contributed by atoms with Gasteiger partial charge in [0.1, 0.15) is 5.60 Å². The van der Waals surface area contributed by atoms with Gasteiger partial charge in [0.25, 0.3) is 5.91 Å². The van der Waals surface area contributed by atoms with Crippen LogP contribution in [0, 0.1) is 0 Å². The maximum Gasteiger partial charge on any atom is 0.407 e. The molecule has 0 aromatic carbocycles. The average Bonchev–Trinajstić information content (AvgIpc) is 2.97. The third kappa shape index (κ3) is 4.73. The van der Waals surface area contributed by atoms with Crippen LogP contribution in [0.4, 0.5) is 4.79 Å². The molecule has 2 heterocycles. The van der Waals surface area contributed by atoms with E-state index in [4.69, 9.17) is 4.74 Å². The minimum absolute atomic E-state index is 0.0378. The van der Waals surface area contributed by atoms with Gasteiger partial charge in [-0.3, -0.25) is 4.79 Å². The van der Waals surface area contributed by atoms with Gasteiger partial charge in [0.05, 0.1) is 4.88 Å². The summed E-state index contributed by atoms with van der Waals surface area (Å²) in [7, 11) is 0. The number of thiophene rings is 1. The van der Waals surface area contributed by atoms with Crippen LogP contribution in [0.25, 0.3) is 0 Å². The summed E-state index contributed by atoms with van der Waals surface area (Å²) in [6.45, 7) is 6.68. The lowest BCUT2D eigenvalue weighted by Crippen LogP contribution is -2.49. The van der Waals surface area contributed by atoms with Gasteiger partial charge < -0.3 is 15.0 Å². The highest BCUT2D eigenvalue weighted by molar-refractivity contribution is 7.12. The molecule has 1 aliphatic heterocycles. The molecule has 0 aliphatic carbocycles. The molecule has 1 aromatic heterocycles. The van der Waals surface area contributed by atoms with Crippen molar-refractivity contribution in [3.8, 4) is 0 Å². The lowest BCUT2D eigenvalue weighted by molar-refractivity contribution is 0.0463. The molecule has 2 rings (SSSR count). The van der Waals surface area contributed by atoms with Crippen LogP contribution in [0.1, 0.15) is 49.7 Å². The SMILES string of the molecule is CC(C)(C)OC(=O)NC[C@@H]1CCCCN1C(=O)c1cccs1. The molecule has 0 bridgehead atoms. The van der Waals surface area contributed by atoms with Gasteiger partial charge in [0.15, 0.2) is 0 Å². The minimum atomic E-state index is -0.511. The largest absolute Gasteiger partial charge is 0.444 e. The lowest BCUT2D eigenvalue weighted by atomic mass is 10.0. The highest BCUT2D eigenvalue weighted by atomic mass is 32.1. The number of hydrogen-bond donors (Lipinski definition) is 1. The van der Waals surface area contributed by atoms with Gasteiger partial charge in [0, 0.05) is 19.1 Å². The Morgan fingerprint density at radius 1 is 1.41 bits per heavy atom. The molecule has 122 valence electrons. The number of likely N-dealkylation sites (tertiary alicyclic amines) is 1. The number of hydrogen-bond acceptors (Lipinski definition) is 4. The average molecular weight is 324 g/mol. The fraction of sp³-hybridized carbons (Fsp3) is 0.625. The zero-order valence-electron chi connectivity index (χ0n) is 13.4. The van der Waals surface area contributed by atoms with Crippen LogP contribution in [0.3, 0.4) is 0 Å². The Bertz CT molecular complexity index is 508. The zero-order chi connectivity index (χ0) is 16.2. The topological polar surface area (TPSA) is 58.6 Å². The van der Waals surface area contributed by atoms with Crippen molar-refractivity contribution >= 4 is 23.3 Å². The molecular formula is C16H24N2O3S. The Balaban J connectivity index is 1.93. The zero-order valence-corrected chi connectivity index (χ0v) is 14.2. The van der Waals surface area contributed by atoms with E-state index in [1.54, 1.807) is 0 Å². The van der Waals surface area contributed by atoms with E-state index in [2.05, 4.69) is 5.32 Å². The maximum atomic E-state index is 12.5. The number of carbonyl (C=O) groups excluding carboxylic acids is 2. The van der Waals surface area contributed by atoms with Gasteiger partial charge in [-0.05, 0) is 51.5 Å². The molecule has 0 saturated carbocycles. The summed E-state index contributed by atoms with van der Waals surface area (Å²) in [6.07, 6.45) is 2.57.